The number of nitrogens with one attached hydrogen (secondary N) is 2. The van der Waals surface area contributed by atoms with Gasteiger partial charge in [0.1, 0.15) is 0 Å². The lowest BCUT2D eigenvalue weighted by molar-refractivity contribution is -0.122. The third-order valence-electron chi connectivity index (χ3n) is 4.91. The molecule has 6 heteroatoms. The lowest BCUT2D eigenvalue weighted by atomic mass is 9.85. The van der Waals surface area contributed by atoms with Gasteiger partial charge < -0.3 is 20.1 Å². The lowest BCUT2D eigenvalue weighted by Crippen LogP contribution is -2.28. The van der Waals surface area contributed by atoms with Gasteiger partial charge in [0, 0.05) is 24.7 Å². The summed E-state index contributed by atoms with van der Waals surface area (Å²) < 4.78 is 12.0. The summed E-state index contributed by atoms with van der Waals surface area (Å²) in [6.07, 6.45) is 3.18. The summed E-state index contributed by atoms with van der Waals surface area (Å²) in [5.41, 5.74) is 3.09. The first-order valence-corrected chi connectivity index (χ1v) is 10.5. The van der Waals surface area contributed by atoms with Crippen molar-refractivity contribution in [3.8, 4) is 11.5 Å². The zero-order chi connectivity index (χ0) is 19.9. The number of methoxy groups -OCH3 is 1. The van der Waals surface area contributed by atoms with Crippen LogP contribution in [0.25, 0.3) is 0 Å². The van der Waals surface area contributed by atoms with E-state index in [1.807, 2.05) is 37.3 Å². The molecule has 0 saturated heterocycles. The summed E-state index contributed by atoms with van der Waals surface area (Å²) in [4.78, 5) is 12.1. The van der Waals surface area contributed by atoms with Crippen LogP contribution in [0.4, 0.5) is 5.69 Å². The van der Waals surface area contributed by atoms with Gasteiger partial charge in [-0.2, -0.15) is 0 Å². The second kappa shape index (κ2) is 9.94. The highest BCUT2D eigenvalue weighted by Gasteiger charge is 2.25. The van der Waals surface area contributed by atoms with Crippen molar-refractivity contribution in [2.75, 3.05) is 19.0 Å². The number of amides is 1. The van der Waals surface area contributed by atoms with Gasteiger partial charge in [-0.1, -0.05) is 18.6 Å². The van der Waals surface area contributed by atoms with Crippen LogP contribution >= 0.6 is 15.9 Å². The molecule has 2 N–H and O–H groups in total. The fraction of sp³-hybridized carbons (Fsp3) is 0.409. The summed E-state index contributed by atoms with van der Waals surface area (Å²) in [5.74, 6) is 1.77. The van der Waals surface area contributed by atoms with Gasteiger partial charge in [-0.3, -0.25) is 4.79 Å². The lowest BCUT2D eigenvalue weighted by Gasteiger charge is -2.24. The number of ether oxygens (including phenoxy) is 2. The van der Waals surface area contributed by atoms with Crippen molar-refractivity contribution in [1.29, 1.82) is 0 Å². The van der Waals surface area contributed by atoms with Crippen molar-refractivity contribution in [2.45, 2.75) is 39.3 Å². The molecule has 1 aliphatic rings. The largest absolute Gasteiger partial charge is 0.493 e. The maximum absolute atomic E-state index is 12.1. The quantitative estimate of drug-likeness (QED) is 0.575. The predicted octanol–water partition coefficient (Wildman–Crippen LogP) is 4.88. The van der Waals surface area contributed by atoms with Crippen molar-refractivity contribution < 1.29 is 14.3 Å². The third kappa shape index (κ3) is 5.26. The zero-order valence-electron chi connectivity index (χ0n) is 16.4. The minimum Gasteiger partial charge on any atom is -0.493 e. The molecule has 0 unspecified atom stereocenters. The molecule has 0 aromatic heterocycles. The van der Waals surface area contributed by atoms with Crippen LogP contribution in [0.15, 0.2) is 40.9 Å². The number of carbonyl (C=O) groups is 1. The Balaban J connectivity index is 1.56. The summed E-state index contributed by atoms with van der Waals surface area (Å²) in [6.45, 7) is 3.94. The molecule has 0 heterocycles. The molecule has 1 saturated carbocycles. The Bertz CT molecular complexity index is 821. The van der Waals surface area contributed by atoms with Gasteiger partial charge >= 0.3 is 0 Å². The average Bonchev–Trinajstić information content (AvgIpc) is 2.62. The molecule has 28 heavy (non-hydrogen) atoms. The highest BCUT2D eigenvalue weighted by Crippen LogP contribution is 2.36. The number of hydrogen-bond acceptors (Lipinski definition) is 4. The second-order valence-corrected chi connectivity index (χ2v) is 7.82. The topological polar surface area (TPSA) is 59.6 Å². The first kappa shape index (κ1) is 20.7. The van der Waals surface area contributed by atoms with Gasteiger partial charge in [0.15, 0.2) is 11.5 Å². The van der Waals surface area contributed by atoms with E-state index in [4.69, 9.17) is 9.47 Å². The maximum atomic E-state index is 12.1. The number of rotatable bonds is 9. The molecule has 150 valence electrons. The zero-order valence-corrected chi connectivity index (χ0v) is 18.0. The number of halogens is 1. The maximum Gasteiger partial charge on any atom is 0.227 e. The Labute approximate surface area is 174 Å². The van der Waals surface area contributed by atoms with E-state index in [0.29, 0.717) is 25.4 Å². The van der Waals surface area contributed by atoms with Crippen LogP contribution in [-0.4, -0.2) is 19.6 Å². The molecule has 0 radical (unpaired) electrons. The highest BCUT2D eigenvalue weighted by molar-refractivity contribution is 9.10. The standard InChI is InChI=1S/C22H27BrN2O3/c1-3-28-21-19(23)11-16(12-20(21)27-2)14-24-13-15-6-4-9-18(10-15)25-22(26)17-7-5-8-17/h4,6,9-12,17,24H,3,5,7-8,13-14H2,1-2H3,(H,25,26). The van der Waals surface area contributed by atoms with Crippen LogP contribution in [0.3, 0.4) is 0 Å². The van der Waals surface area contributed by atoms with E-state index >= 15 is 0 Å². The highest BCUT2D eigenvalue weighted by atomic mass is 79.9. The molecular formula is C22H27BrN2O3. The van der Waals surface area contributed by atoms with Crippen LogP contribution in [0, 0.1) is 5.92 Å². The second-order valence-electron chi connectivity index (χ2n) is 6.96. The fourth-order valence-corrected chi connectivity index (χ4v) is 3.79. The van der Waals surface area contributed by atoms with Crippen LogP contribution in [0.2, 0.25) is 0 Å². The Morgan fingerprint density at radius 2 is 1.96 bits per heavy atom. The molecule has 3 rings (SSSR count). The van der Waals surface area contributed by atoms with E-state index in [-0.39, 0.29) is 11.8 Å². The Morgan fingerprint density at radius 1 is 1.18 bits per heavy atom. The van der Waals surface area contributed by atoms with Crippen molar-refractivity contribution in [3.63, 3.8) is 0 Å². The van der Waals surface area contributed by atoms with E-state index in [2.05, 4.69) is 32.6 Å². The van der Waals surface area contributed by atoms with Crippen LogP contribution < -0.4 is 20.1 Å². The number of carbonyl (C=O) groups excluding carboxylic acids is 1. The molecular weight excluding hydrogens is 420 g/mol. The molecule has 1 aliphatic carbocycles. The number of benzene rings is 2. The van der Waals surface area contributed by atoms with Gasteiger partial charge in [0.25, 0.3) is 0 Å². The van der Waals surface area contributed by atoms with Crippen molar-refractivity contribution in [2.24, 2.45) is 5.92 Å². The smallest absolute Gasteiger partial charge is 0.227 e. The summed E-state index contributed by atoms with van der Waals surface area (Å²) >= 11 is 3.56. The van der Waals surface area contributed by atoms with E-state index in [9.17, 15) is 4.79 Å². The molecule has 5 nitrogen and oxygen atoms in total. The number of anilines is 1. The summed E-state index contributed by atoms with van der Waals surface area (Å²) in [5, 5.41) is 6.47. The fourth-order valence-electron chi connectivity index (χ4n) is 3.18. The molecule has 1 amide bonds. The summed E-state index contributed by atoms with van der Waals surface area (Å²) in [7, 11) is 1.64. The van der Waals surface area contributed by atoms with Gasteiger partial charge in [0.05, 0.1) is 18.2 Å². The van der Waals surface area contributed by atoms with Crippen LogP contribution in [-0.2, 0) is 17.9 Å². The third-order valence-corrected chi connectivity index (χ3v) is 5.50. The first-order valence-electron chi connectivity index (χ1n) is 9.70. The monoisotopic (exact) mass is 446 g/mol. The molecule has 0 spiro atoms. The Kier molecular flexibility index (Phi) is 7.34. The van der Waals surface area contributed by atoms with Crippen molar-refractivity contribution in [3.05, 3.63) is 52.0 Å². The van der Waals surface area contributed by atoms with E-state index in [0.717, 1.165) is 46.3 Å². The van der Waals surface area contributed by atoms with Crippen molar-refractivity contribution >= 4 is 27.5 Å². The van der Waals surface area contributed by atoms with Gasteiger partial charge in [-0.15, -0.1) is 0 Å². The van der Waals surface area contributed by atoms with Gasteiger partial charge in [-0.25, -0.2) is 0 Å². The minimum absolute atomic E-state index is 0.141. The SMILES string of the molecule is CCOc1c(Br)cc(CNCc2cccc(NC(=O)C3CCC3)c2)cc1OC. The Hall–Kier alpha value is -2.05. The first-order chi connectivity index (χ1) is 13.6. The van der Waals surface area contributed by atoms with E-state index in [1.54, 1.807) is 7.11 Å². The van der Waals surface area contributed by atoms with Crippen LogP contribution in [0.5, 0.6) is 11.5 Å². The Morgan fingerprint density at radius 3 is 2.64 bits per heavy atom. The number of hydrogen-bond donors (Lipinski definition) is 2. The molecule has 2 aromatic rings. The molecule has 2 aromatic carbocycles. The van der Waals surface area contributed by atoms with E-state index in [1.165, 1.54) is 0 Å². The van der Waals surface area contributed by atoms with Gasteiger partial charge in [0.2, 0.25) is 5.91 Å². The molecule has 0 atom stereocenters. The minimum atomic E-state index is 0.141. The average molecular weight is 447 g/mol. The van der Waals surface area contributed by atoms with Crippen LogP contribution in [0.1, 0.15) is 37.3 Å². The van der Waals surface area contributed by atoms with E-state index < -0.39 is 0 Å². The molecule has 0 bridgehead atoms. The normalized spacial score (nSPS) is 13.7. The molecule has 1 fully saturated rings. The summed E-state index contributed by atoms with van der Waals surface area (Å²) in [6, 6.07) is 12.0. The van der Waals surface area contributed by atoms with Crippen molar-refractivity contribution in [1.82, 2.24) is 5.32 Å². The molecule has 0 aliphatic heterocycles. The van der Waals surface area contributed by atoms with Gasteiger partial charge in [-0.05, 0) is 71.1 Å². The predicted molar refractivity (Wildman–Crippen MR) is 115 cm³/mol.